The summed E-state index contributed by atoms with van der Waals surface area (Å²) in [5.74, 6) is -0.200. The van der Waals surface area contributed by atoms with Crippen molar-refractivity contribution >= 4 is 29.0 Å². The van der Waals surface area contributed by atoms with Gasteiger partial charge in [-0.15, -0.1) is 0 Å². The Balaban J connectivity index is 1.92. The van der Waals surface area contributed by atoms with Crippen molar-refractivity contribution in [3.8, 4) is 5.75 Å². The Kier molecular flexibility index (Phi) is 7.92. The number of benzene rings is 2. The summed E-state index contributed by atoms with van der Waals surface area (Å²) in [5, 5.41) is 0.579. The molecule has 0 unspecified atom stereocenters. The van der Waals surface area contributed by atoms with Crippen LogP contribution in [0, 0.1) is 6.92 Å². The first-order valence-corrected chi connectivity index (χ1v) is 10.5. The number of nitrogen functional groups attached to an aromatic ring is 1. The zero-order chi connectivity index (χ0) is 24.0. The van der Waals surface area contributed by atoms with Gasteiger partial charge < -0.3 is 15.2 Å². The van der Waals surface area contributed by atoms with Crippen LogP contribution in [0.4, 0.5) is 11.5 Å². The first-order valence-electron chi connectivity index (χ1n) is 10.2. The van der Waals surface area contributed by atoms with Crippen molar-refractivity contribution < 1.29 is 14.3 Å². The third-order valence-corrected chi connectivity index (χ3v) is 5.40. The molecule has 3 aromatic rings. The number of halogens is 1. The number of methoxy groups -OCH3 is 1. The van der Waals surface area contributed by atoms with Crippen LogP contribution < -0.4 is 26.6 Å². The third kappa shape index (κ3) is 5.82. The minimum absolute atomic E-state index is 0.0369. The lowest BCUT2D eigenvalue weighted by atomic mass is 10.2. The van der Waals surface area contributed by atoms with Gasteiger partial charge in [0, 0.05) is 18.7 Å². The maximum absolute atomic E-state index is 13.1. The molecule has 0 aliphatic heterocycles. The molecule has 3 rings (SSSR count). The van der Waals surface area contributed by atoms with Gasteiger partial charge >= 0.3 is 5.69 Å². The van der Waals surface area contributed by atoms with E-state index in [0.717, 1.165) is 11.1 Å². The number of nitrogens with one attached hydrogen (secondary N) is 1. The summed E-state index contributed by atoms with van der Waals surface area (Å²) in [6, 6.07) is 14.2. The summed E-state index contributed by atoms with van der Waals surface area (Å²) < 4.78 is 11.9. The number of anilines is 2. The van der Waals surface area contributed by atoms with E-state index in [1.807, 2.05) is 37.3 Å². The fourth-order valence-electron chi connectivity index (χ4n) is 3.23. The molecule has 0 atom stereocenters. The van der Waals surface area contributed by atoms with Crippen molar-refractivity contribution in [1.29, 1.82) is 0 Å². The highest BCUT2D eigenvalue weighted by molar-refractivity contribution is 6.31. The Morgan fingerprint density at radius 1 is 1.18 bits per heavy atom. The normalized spacial score (nSPS) is 10.8. The maximum atomic E-state index is 13.1. The molecule has 1 amide bonds. The van der Waals surface area contributed by atoms with Crippen LogP contribution in [0.3, 0.4) is 0 Å². The fourth-order valence-corrected chi connectivity index (χ4v) is 3.35. The Bertz CT molecular complexity index is 1240. The minimum atomic E-state index is -0.770. The SMILES string of the molecule is COCCN(C(=O)COc1ccc(Cl)c(C)c1)c1c(N)n(Cc2ccccc2)c(=O)[nH]c1=O. The van der Waals surface area contributed by atoms with Crippen LogP contribution in [-0.4, -0.2) is 42.3 Å². The van der Waals surface area contributed by atoms with Gasteiger partial charge in [0.1, 0.15) is 11.6 Å². The van der Waals surface area contributed by atoms with E-state index in [0.29, 0.717) is 10.8 Å². The molecule has 2 aromatic carbocycles. The van der Waals surface area contributed by atoms with Crippen molar-refractivity contribution in [2.45, 2.75) is 13.5 Å². The zero-order valence-electron chi connectivity index (χ0n) is 18.3. The number of hydrogen-bond acceptors (Lipinski definition) is 6. The molecule has 10 heteroatoms. The highest BCUT2D eigenvalue weighted by atomic mass is 35.5. The van der Waals surface area contributed by atoms with E-state index in [-0.39, 0.29) is 37.8 Å². The summed E-state index contributed by atoms with van der Waals surface area (Å²) >= 11 is 6.03. The number of rotatable bonds is 9. The molecule has 0 aliphatic carbocycles. The van der Waals surface area contributed by atoms with Crippen molar-refractivity contribution in [1.82, 2.24) is 9.55 Å². The standard InChI is InChI=1S/C23H25ClN4O5/c1-15-12-17(8-9-18(15)24)33-14-19(29)27(10-11-32-2)20-21(25)28(23(31)26-22(20)30)13-16-6-4-3-5-7-16/h3-9,12H,10-11,13-14,25H2,1-2H3,(H,26,30,31). The fraction of sp³-hybridized carbons (Fsp3) is 0.261. The maximum Gasteiger partial charge on any atom is 0.330 e. The molecule has 0 saturated carbocycles. The van der Waals surface area contributed by atoms with Crippen molar-refractivity contribution in [2.24, 2.45) is 0 Å². The molecular weight excluding hydrogens is 448 g/mol. The number of hydrogen-bond donors (Lipinski definition) is 2. The van der Waals surface area contributed by atoms with Crippen LogP contribution in [0.15, 0.2) is 58.1 Å². The largest absolute Gasteiger partial charge is 0.484 e. The molecule has 9 nitrogen and oxygen atoms in total. The number of amides is 1. The average molecular weight is 473 g/mol. The van der Waals surface area contributed by atoms with E-state index >= 15 is 0 Å². The van der Waals surface area contributed by atoms with Crippen molar-refractivity contribution in [3.63, 3.8) is 0 Å². The molecule has 0 radical (unpaired) electrons. The smallest absolute Gasteiger partial charge is 0.330 e. The second-order valence-electron chi connectivity index (χ2n) is 7.30. The number of nitrogens with two attached hydrogens (primary N) is 1. The number of H-pyrrole nitrogens is 1. The molecule has 0 aliphatic rings. The number of aryl methyl sites for hydroxylation is 1. The van der Waals surface area contributed by atoms with Gasteiger partial charge in [0.25, 0.3) is 11.5 Å². The van der Waals surface area contributed by atoms with Gasteiger partial charge in [0.05, 0.1) is 13.2 Å². The second kappa shape index (κ2) is 10.8. The van der Waals surface area contributed by atoms with Crippen LogP contribution in [-0.2, 0) is 16.1 Å². The molecule has 1 heterocycles. The van der Waals surface area contributed by atoms with Crippen LogP contribution in [0.2, 0.25) is 5.02 Å². The lowest BCUT2D eigenvalue weighted by molar-refractivity contribution is -0.120. The van der Waals surface area contributed by atoms with Crippen molar-refractivity contribution in [3.05, 3.63) is 85.5 Å². The van der Waals surface area contributed by atoms with E-state index < -0.39 is 17.2 Å². The molecule has 0 spiro atoms. The van der Waals surface area contributed by atoms with E-state index in [1.54, 1.807) is 18.2 Å². The summed E-state index contributed by atoms with van der Waals surface area (Å²) in [7, 11) is 1.47. The van der Waals surface area contributed by atoms with Gasteiger partial charge in [-0.05, 0) is 36.2 Å². The minimum Gasteiger partial charge on any atom is -0.484 e. The van der Waals surface area contributed by atoms with Gasteiger partial charge in [-0.2, -0.15) is 0 Å². The summed E-state index contributed by atoms with van der Waals surface area (Å²) in [6.45, 7) is 1.76. The van der Waals surface area contributed by atoms with Gasteiger partial charge in [-0.25, -0.2) is 4.79 Å². The van der Waals surface area contributed by atoms with Crippen LogP contribution in [0.5, 0.6) is 5.75 Å². The van der Waals surface area contributed by atoms with Crippen LogP contribution >= 0.6 is 11.6 Å². The third-order valence-electron chi connectivity index (χ3n) is 4.98. The van der Waals surface area contributed by atoms with Crippen molar-refractivity contribution in [2.75, 3.05) is 37.5 Å². The summed E-state index contributed by atoms with van der Waals surface area (Å²) in [4.78, 5) is 41.6. The Morgan fingerprint density at radius 3 is 2.58 bits per heavy atom. The topological polar surface area (TPSA) is 120 Å². The van der Waals surface area contributed by atoms with E-state index in [1.165, 1.54) is 16.6 Å². The van der Waals surface area contributed by atoms with Gasteiger partial charge in [0.15, 0.2) is 12.3 Å². The lowest BCUT2D eigenvalue weighted by Crippen LogP contribution is -2.44. The first-order chi connectivity index (χ1) is 15.8. The number of ether oxygens (including phenoxy) is 2. The van der Waals surface area contributed by atoms with E-state index in [4.69, 9.17) is 26.8 Å². The lowest BCUT2D eigenvalue weighted by Gasteiger charge is -2.24. The Hall–Kier alpha value is -3.56. The molecule has 0 bridgehead atoms. The Labute approximate surface area is 195 Å². The molecule has 1 aromatic heterocycles. The van der Waals surface area contributed by atoms with Gasteiger partial charge in [0.2, 0.25) is 0 Å². The average Bonchev–Trinajstić information content (AvgIpc) is 2.80. The highest BCUT2D eigenvalue weighted by Gasteiger charge is 2.24. The molecule has 174 valence electrons. The predicted octanol–water partition coefficient (Wildman–Crippen LogP) is 2.19. The quantitative estimate of drug-likeness (QED) is 0.492. The van der Waals surface area contributed by atoms with Crippen LogP contribution in [0.1, 0.15) is 11.1 Å². The number of carbonyl (C=O) groups is 1. The number of nitrogens with zero attached hydrogens (tertiary/aromatic N) is 2. The Morgan fingerprint density at radius 2 is 1.91 bits per heavy atom. The van der Waals surface area contributed by atoms with E-state index in [2.05, 4.69) is 4.98 Å². The second-order valence-corrected chi connectivity index (χ2v) is 7.71. The van der Waals surface area contributed by atoms with Crippen LogP contribution in [0.25, 0.3) is 0 Å². The zero-order valence-corrected chi connectivity index (χ0v) is 19.1. The number of carbonyl (C=O) groups excluding carboxylic acids is 1. The van der Waals surface area contributed by atoms with Gasteiger partial charge in [-0.1, -0.05) is 41.9 Å². The summed E-state index contributed by atoms with van der Waals surface area (Å²) in [6.07, 6.45) is 0. The molecule has 3 N–H and O–H groups in total. The first kappa shape index (κ1) is 24.1. The summed E-state index contributed by atoms with van der Waals surface area (Å²) in [5.41, 5.74) is 6.27. The monoisotopic (exact) mass is 472 g/mol. The molecule has 0 fully saturated rings. The predicted molar refractivity (Wildman–Crippen MR) is 127 cm³/mol. The molecular formula is C23H25ClN4O5. The number of aromatic nitrogens is 2. The van der Waals surface area contributed by atoms with E-state index in [9.17, 15) is 14.4 Å². The molecule has 0 saturated heterocycles. The highest BCUT2D eigenvalue weighted by Crippen LogP contribution is 2.22. The number of aromatic amines is 1. The molecule has 33 heavy (non-hydrogen) atoms. The van der Waals surface area contributed by atoms with Gasteiger partial charge in [-0.3, -0.25) is 24.0 Å².